The molecule has 0 aliphatic rings. The van der Waals surface area contributed by atoms with E-state index in [1.807, 2.05) is 0 Å². The van der Waals surface area contributed by atoms with Gasteiger partial charge in [0.2, 0.25) is 0 Å². The Morgan fingerprint density at radius 3 is 2.62 bits per heavy atom. The van der Waals surface area contributed by atoms with Crippen LogP contribution in [-0.4, -0.2) is 41.0 Å². The van der Waals surface area contributed by atoms with Crippen molar-refractivity contribution in [2.24, 2.45) is 0 Å². The second kappa shape index (κ2) is 5.81. The third-order valence-corrected chi connectivity index (χ3v) is 2.64. The van der Waals surface area contributed by atoms with E-state index in [2.05, 4.69) is 15.3 Å². The monoisotopic (exact) mass is 300 g/mol. The van der Waals surface area contributed by atoms with Gasteiger partial charge in [0.15, 0.2) is 0 Å². The van der Waals surface area contributed by atoms with E-state index in [-0.39, 0.29) is 13.1 Å². The Bertz CT molecular complexity index is 666. The van der Waals surface area contributed by atoms with Crippen LogP contribution in [0, 0.1) is 0 Å². The van der Waals surface area contributed by atoms with Crippen molar-refractivity contribution in [2.45, 2.75) is 6.18 Å². The molecule has 6 nitrogen and oxygen atoms in total. The molecule has 0 saturated carbocycles. The van der Waals surface area contributed by atoms with Crippen LogP contribution < -0.4 is 10.6 Å². The van der Waals surface area contributed by atoms with Crippen molar-refractivity contribution in [3.05, 3.63) is 30.1 Å². The van der Waals surface area contributed by atoms with E-state index in [1.165, 1.54) is 6.33 Å². The molecule has 0 aliphatic heterocycles. The molecule has 1 aromatic carbocycles. The number of H-pyrrole nitrogens is 1. The molecule has 2 rings (SSSR count). The van der Waals surface area contributed by atoms with E-state index in [9.17, 15) is 22.8 Å². The number of carbonyl (C=O) groups excluding carboxylic acids is 2. The van der Waals surface area contributed by atoms with Crippen molar-refractivity contribution >= 4 is 22.8 Å². The molecular formula is C12H11F3N4O2. The van der Waals surface area contributed by atoms with E-state index in [0.717, 1.165) is 0 Å². The number of imidazole rings is 1. The predicted molar refractivity (Wildman–Crippen MR) is 67.5 cm³/mol. The van der Waals surface area contributed by atoms with E-state index < -0.39 is 18.0 Å². The minimum atomic E-state index is -4.92. The van der Waals surface area contributed by atoms with E-state index in [4.69, 9.17) is 0 Å². The third-order valence-electron chi connectivity index (χ3n) is 2.64. The lowest BCUT2D eigenvalue weighted by Crippen LogP contribution is -2.41. The van der Waals surface area contributed by atoms with Crippen LogP contribution in [-0.2, 0) is 4.79 Å². The van der Waals surface area contributed by atoms with Crippen molar-refractivity contribution in [1.29, 1.82) is 0 Å². The summed E-state index contributed by atoms with van der Waals surface area (Å²) in [5, 5.41) is 4.07. The molecule has 0 spiro atoms. The first kappa shape index (κ1) is 14.8. The maximum Gasteiger partial charge on any atom is 0.471 e. The number of hydrogen-bond acceptors (Lipinski definition) is 3. The lowest BCUT2D eigenvalue weighted by Gasteiger charge is -2.08. The Morgan fingerprint density at radius 1 is 1.19 bits per heavy atom. The molecule has 1 heterocycles. The van der Waals surface area contributed by atoms with Crippen molar-refractivity contribution < 1.29 is 22.8 Å². The number of aromatic amines is 1. The molecule has 1 aromatic heterocycles. The average Bonchev–Trinajstić information content (AvgIpc) is 2.89. The van der Waals surface area contributed by atoms with Gasteiger partial charge in [-0.1, -0.05) is 0 Å². The van der Waals surface area contributed by atoms with E-state index in [1.54, 1.807) is 23.5 Å². The number of carbonyl (C=O) groups is 2. The molecule has 9 heteroatoms. The molecule has 112 valence electrons. The molecule has 2 amide bonds. The molecule has 0 unspecified atom stereocenters. The molecule has 0 fully saturated rings. The lowest BCUT2D eigenvalue weighted by molar-refractivity contribution is -0.173. The summed E-state index contributed by atoms with van der Waals surface area (Å²) in [5.74, 6) is -2.48. The van der Waals surface area contributed by atoms with Crippen molar-refractivity contribution in [1.82, 2.24) is 20.6 Å². The molecule has 0 bridgehead atoms. The number of benzene rings is 1. The molecule has 21 heavy (non-hydrogen) atoms. The molecule has 2 aromatic rings. The summed E-state index contributed by atoms with van der Waals surface area (Å²) in [6.07, 6.45) is -3.44. The minimum absolute atomic E-state index is 0.109. The molecule has 3 N–H and O–H groups in total. The van der Waals surface area contributed by atoms with Crippen LogP contribution in [0.3, 0.4) is 0 Å². The fourth-order valence-corrected chi connectivity index (χ4v) is 1.63. The summed E-state index contributed by atoms with van der Waals surface area (Å²) in [6, 6.07) is 4.77. The van der Waals surface area contributed by atoms with Crippen LogP contribution >= 0.6 is 0 Å². The zero-order chi connectivity index (χ0) is 15.5. The summed E-state index contributed by atoms with van der Waals surface area (Å²) in [4.78, 5) is 29.1. The number of nitrogens with one attached hydrogen (secondary N) is 3. The number of hydrogen-bond donors (Lipinski definition) is 3. The Hall–Kier alpha value is -2.58. The number of amides is 2. The molecular weight excluding hydrogens is 289 g/mol. The normalized spacial score (nSPS) is 11.4. The number of nitrogens with zero attached hydrogens (tertiary/aromatic N) is 1. The average molecular weight is 300 g/mol. The van der Waals surface area contributed by atoms with Crippen molar-refractivity contribution in [3.8, 4) is 0 Å². The number of fused-ring (bicyclic) bond motifs is 1. The second-order valence-corrected chi connectivity index (χ2v) is 4.14. The summed E-state index contributed by atoms with van der Waals surface area (Å²) in [5.41, 5.74) is 1.71. The molecule has 0 saturated heterocycles. The largest absolute Gasteiger partial charge is 0.471 e. The van der Waals surface area contributed by atoms with Gasteiger partial charge in [-0.3, -0.25) is 9.59 Å². The second-order valence-electron chi connectivity index (χ2n) is 4.14. The highest BCUT2D eigenvalue weighted by Crippen LogP contribution is 2.13. The van der Waals surface area contributed by atoms with Gasteiger partial charge in [-0.25, -0.2) is 4.98 Å². The minimum Gasteiger partial charge on any atom is -0.350 e. The first-order valence-electron chi connectivity index (χ1n) is 5.94. The standard InChI is InChI=1S/C12H11F3N4O2/c13-12(14,15)11(21)17-4-3-16-10(20)7-1-2-8-9(5-7)19-6-18-8/h1-2,5-6H,3-4H2,(H,16,20)(H,17,21)(H,18,19). The Kier molecular flexibility index (Phi) is 4.10. The Balaban J connectivity index is 1.83. The fourth-order valence-electron chi connectivity index (χ4n) is 1.63. The molecule has 0 atom stereocenters. The van der Waals surface area contributed by atoms with Gasteiger partial charge in [-0.2, -0.15) is 13.2 Å². The lowest BCUT2D eigenvalue weighted by atomic mass is 10.2. The van der Waals surface area contributed by atoms with Gasteiger partial charge in [-0.15, -0.1) is 0 Å². The van der Waals surface area contributed by atoms with Crippen molar-refractivity contribution in [3.63, 3.8) is 0 Å². The van der Waals surface area contributed by atoms with Gasteiger partial charge >= 0.3 is 12.1 Å². The van der Waals surface area contributed by atoms with Gasteiger partial charge in [0.05, 0.1) is 17.4 Å². The smallest absolute Gasteiger partial charge is 0.350 e. The highest BCUT2D eigenvalue weighted by atomic mass is 19.4. The molecule has 0 aliphatic carbocycles. The predicted octanol–water partition coefficient (Wildman–Crippen LogP) is 0.971. The van der Waals surface area contributed by atoms with Crippen LogP contribution in [0.15, 0.2) is 24.5 Å². The van der Waals surface area contributed by atoms with Crippen molar-refractivity contribution in [2.75, 3.05) is 13.1 Å². The Morgan fingerprint density at radius 2 is 1.90 bits per heavy atom. The van der Waals surface area contributed by atoms with Crippen LogP contribution in [0.4, 0.5) is 13.2 Å². The van der Waals surface area contributed by atoms with Gasteiger partial charge in [-0.05, 0) is 18.2 Å². The van der Waals surface area contributed by atoms with E-state index in [0.29, 0.717) is 16.6 Å². The SMILES string of the molecule is O=C(NCCNC(=O)C(F)(F)F)c1ccc2nc[nH]c2c1. The fraction of sp³-hybridized carbons (Fsp3) is 0.250. The highest BCUT2D eigenvalue weighted by molar-refractivity contribution is 5.97. The number of alkyl halides is 3. The summed E-state index contributed by atoms with van der Waals surface area (Å²) in [6.45, 7) is -0.419. The van der Waals surface area contributed by atoms with Crippen LogP contribution in [0.25, 0.3) is 11.0 Å². The summed E-state index contributed by atoms with van der Waals surface area (Å²) < 4.78 is 35.7. The van der Waals surface area contributed by atoms with Crippen LogP contribution in [0.5, 0.6) is 0 Å². The quantitative estimate of drug-likeness (QED) is 0.735. The van der Waals surface area contributed by atoms with Crippen LogP contribution in [0.2, 0.25) is 0 Å². The first-order valence-corrected chi connectivity index (χ1v) is 5.94. The number of rotatable bonds is 4. The third kappa shape index (κ3) is 3.71. The highest BCUT2D eigenvalue weighted by Gasteiger charge is 2.38. The van der Waals surface area contributed by atoms with Gasteiger partial charge in [0.25, 0.3) is 5.91 Å². The summed E-state index contributed by atoms with van der Waals surface area (Å²) in [7, 11) is 0. The van der Waals surface area contributed by atoms with Gasteiger partial charge in [0, 0.05) is 18.7 Å². The Labute approximate surface area is 116 Å². The number of aromatic nitrogens is 2. The maximum atomic E-state index is 11.9. The molecule has 0 radical (unpaired) electrons. The summed E-state index contributed by atoms with van der Waals surface area (Å²) >= 11 is 0. The van der Waals surface area contributed by atoms with Gasteiger partial charge in [0.1, 0.15) is 0 Å². The maximum absolute atomic E-state index is 11.9. The zero-order valence-electron chi connectivity index (χ0n) is 10.6. The van der Waals surface area contributed by atoms with Crippen LogP contribution in [0.1, 0.15) is 10.4 Å². The topological polar surface area (TPSA) is 86.9 Å². The first-order chi connectivity index (χ1) is 9.88. The van der Waals surface area contributed by atoms with Gasteiger partial charge < -0.3 is 15.6 Å². The zero-order valence-corrected chi connectivity index (χ0v) is 10.6. The number of halogens is 3. The van der Waals surface area contributed by atoms with E-state index >= 15 is 0 Å².